The van der Waals surface area contributed by atoms with Crippen LogP contribution in [-0.4, -0.2) is 44.0 Å². The van der Waals surface area contributed by atoms with Crippen molar-refractivity contribution in [1.29, 1.82) is 0 Å². The molecular formula is C13H17ClN2O3. The van der Waals surface area contributed by atoms with Crippen molar-refractivity contribution < 1.29 is 14.3 Å². The molecular weight excluding hydrogens is 268 g/mol. The van der Waals surface area contributed by atoms with Crippen LogP contribution in [0.1, 0.15) is 17.3 Å². The van der Waals surface area contributed by atoms with Crippen molar-refractivity contribution in [2.75, 3.05) is 32.6 Å². The Balaban J connectivity index is 2.94. The molecule has 0 atom stereocenters. The van der Waals surface area contributed by atoms with Crippen LogP contribution in [-0.2, 0) is 9.53 Å². The zero-order chi connectivity index (χ0) is 14.4. The van der Waals surface area contributed by atoms with Gasteiger partial charge in [-0.25, -0.2) is 0 Å². The zero-order valence-electron chi connectivity index (χ0n) is 11.2. The Bertz CT molecular complexity index is 475. The van der Waals surface area contributed by atoms with E-state index in [2.05, 4.69) is 5.32 Å². The Kier molecular flexibility index (Phi) is 5.79. The number of carbonyl (C=O) groups is 2. The summed E-state index contributed by atoms with van der Waals surface area (Å²) in [5, 5.41) is 3.07. The second-order valence-corrected chi connectivity index (χ2v) is 4.51. The molecule has 6 heteroatoms. The first-order valence-corrected chi connectivity index (χ1v) is 6.22. The van der Waals surface area contributed by atoms with Crippen LogP contribution in [0, 0.1) is 0 Å². The molecule has 104 valence electrons. The van der Waals surface area contributed by atoms with Gasteiger partial charge in [-0.2, -0.15) is 0 Å². The maximum absolute atomic E-state index is 12.0. The molecule has 0 unspecified atom stereocenters. The van der Waals surface area contributed by atoms with E-state index in [4.69, 9.17) is 16.3 Å². The lowest BCUT2D eigenvalue weighted by Gasteiger charge is -2.15. The second-order valence-electron chi connectivity index (χ2n) is 4.07. The summed E-state index contributed by atoms with van der Waals surface area (Å²) < 4.78 is 5.01. The molecule has 0 saturated heterocycles. The average Bonchev–Trinajstić information content (AvgIpc) is 2.35. The number of nitrogens with zero attached hydrogens (tertiary/aromatic N) is 1. The Hall–Kier alpha value is -1.59. The fourth-order valence-corrected chi connectivity index (χ4v) is 1.60. The first-order chi connectivity index (χ1) is 8.95. The Morgan fingerprint density at radius 3 is 2.63 bits per heavy atom. The number of ether oxygens (including phenoxy) is 1. The van der Waals surface area contributed by atoms with Gasteiger partial charge in [0.05, 0.1) is 11.3 Å². The van der Waals surface area contributed by atoms with Crippen molar-refractivity contribution >= 4 is 29.1 Å². The molecule has 19 heavy (non-hydrogen) atoms. The molecule has 0 aliphatic carbocycles. The lowest BCUT2D eigenvalue weighted by molar-refractivity contribution is -0.120. The summed E-state index contributed by atoms with van der Waals surface area (Å²) in [4.78, 5) is 25.0. The van der Waals surface area contributed by atoms with Crippen LogP contribution in [0.5, 0.6) is 0 Å². The summed E-state index contributed by atoms with van der Waals surface area (Å²) in [5.74, 6) is -0.528. The van der Waals surface area contributed by atoms with Gasteiger partial charge in [-0.3, -0.25) is 9.59 Å². The first-order valence-electron chi connectivity index (χ1n) is 5.84. The van der Waals surface area contributed by atoms with Crippen LogP contribution >= 0.6 is 11.6 Å². The minimum atomic E-state index is -0.322. The van der Waals surface area contributed by atoms with Crippen molar-refractivity contribution in [1.82, 2.24) is 4.90 Å². The van der Waals surface area contributed by atoms with Gasteiger partial charge in [-0.15, -0.1) is 0 Å². The molecule has 2 amide bonds. The number of hydrogen-bond acceptors (Lipinski definition) is 3. The van der Waals surface area contributed by atoms with Crippen LogP contribution in [0.15, 0.2) is 18.2 Å². The number of hydrogen-bond donors (Lipinski definition) is 1. The van der Waals surface area contributed by atoms with Gasteiger partial charge in [0.15, 0.2) is 0 Å². The molecule has 1 N–H and O–H groups in total. The van der Waals surface area contributed by atoms with Crippen molar-refractivity contribution in [3.05, 3.63) is 28.8 Å². The van der Waals surface area contributed by atoms with E-state index >= 15 is 0 Å². The van der Waals surface area contributed by atoms with Crippen molar-refractivity contribution in [3.8, 4) is 0 Å². The Morgan fingerprint density at radius 1 is 1.37 bits per heavy atom. The smallest absolute Gasteiger partial charge is 0.255 e. The number of anilines is 1. The van der Waals surface area contributed by atoms with Crippen LogP contribution in [0.25, 0.3) is 0 Å². The minimum Gasteiger partial charge on any atom is -0.372 e. The second kappa shape index (κ2) is 7.11. The number of benzene rings is 1. The molecule has 1 aromatic rings. The van der Waals surface area contributed by atoms with Gasteiger partial charge in [0.1, 0.15) is 6.61 Å². The van der Waals surface area contributed by atoms with Crippen LogP contribution in [0.4, 0.5) is 5.69 Å². The van der Waals surface area contributed by atoms with Gasteiger partial charge in [0.25, 0.3) is 5.91 Å². The fraction of sp³-hybridized carbons (Fsp3) is 0.385. The van der Waals surface area contributed by atoms with E-state index < -0.39 is 0 Å². The molecule has 0 bridgehead atoms. The van der Waals surface area contributed by atoms with E-state index in [1.165, 1.54) is 4.90 Å². The predicted molar refractivity (Wildman–Crippen MR) is 74.6 cm³/mol. The number of nitrogens with one attached hydrogen (secondary N) is 1. The Labute approximate surface area is 117 Å². The third-order valence-electron chi connectivity index (χ3n) is 2.33. The van der Waals surface area contributed by atoms with Crippen LogP contribution in [0.2, 0.25) is 5.02 Å². The SMILES string of the molecule is CCOCC(=O)Nc1cc(Cl)ccc1C(=O)N(C)C. The Morgan fingerprint density at radius 2 is 2.05 bits per heavy atom. The normalized spacial score (nSPS) is 10.1. The van der Waals surface area contributed by atoms with E-state index in [1.54, 1.807) is 39.2 Å². The molecule has 0 fully saturated rings. The van der Waals surface area contributed by atoms with Crippen LogP contribution < -0.4 is 5.32 Å². The highest BCUT2D eigenvalue weighted by Crippen LogP contribution is 2.22. The maximum Gasteiger partial charge on any atom is 0.255 e. The van der Waals surface area contributed by atoms with E-state index in [0.29, 0.717) is 22.9 Å². The molecule has 0 spiro atoms. The van der Waals surface area contributed by atoms with E-state index in [0.717, 1.165) is 0 Å². The van der Waals surface area contributed by atoms with Gasteiger partial charge >= 0.3 is 0 Å². The fourth-order valence-electron chi connectivity index (χ4n) is 1.43. The first kappa shape index (κ1) is 15.5. The van der Waals surface area contributed by atoms with Gasteiger partial charge in [-0.05, 0) is 25.1 Å². The van der Waals surface area contributed by atoms with Gasteiger partial charge in [0, 0.05) is 25.7 Å². The molecule has 5 nitrogen and oxygen atoms in total. The lowest BCUT2D eigenvalue weighted by Crippen LogP contribution is -2.25. The molecule has 1 rings (SSSR count). The summed E-state index contributed by atoms with van der Waals surface area (Å²) in [6.07, 6.45) is 0. The minimum absolute atomic E-state index is 0.0569. The highest BCUT2D eigenvalue weighted by atomic mass is 35.5. The summed E-state index contributed by atoms with van der Waals surface area (Å²) >= 11 is 5.88. The van der Waals surface area contributed by atoms with E-state index in [9.17, 15) is 9.59 Å². The largest absolute Gasteiger partial charge is 0.372 e. The summed E-state index contributed by atoms with van der Waals surface area (Å²) in [6.45, 7) is 2.19. The molecule has 1 aromatic carbocycles. The molecule has 0 radical (unpaired) electrons. The predicted octanol–water partition coefficient (Wildman–Crippen LogP) is 2.02. The lowest BCUT2D eigenvalue weighted by atomic mass is 10.1. The van der Waals surface area contributed by atoms with E-state index in [1.807, 2.05) is 0 Å². The number of carbonyl (C=O) groups excluding carboxylic acids is 2. The third kappa shape index (κ3) is 4.54. The summed E-state index contributed by atoms with van der Waals surface area (Å²) in [6, 6.07) is 4.74. The van der Waals surface area contributed by atoms with Crippen molar-refractivity contribution in [3.63, 3.8) is 0 Å². The molecule has 0 aromatic heterocycles. The highest BCUT2D eigenvalue weighted by molar-refractivity contribution is 6.31. The topological polar surface area (TPSA) is 58.6 Å². The number of halogens is 1. The number of rotatable bonds is 5. The van der Waals surface area contributed by atoms with Crippen LogP contribution in [0.3, 0.4) is 0 Å². The monoisotopic (exact) mass is 284 g/mol. The molecule has 0 saturated carbocycles. The summed E-state index contributed by atoms with van der Waals surface area (Å²) in [5.41, 5.74) is 0.773. The molecule has 0 heterocycles. The average molecular weight is 285 g/mol. The van der Waals surface area contributed by atoms with Gasteiger partial charge in [0.2, 0.25) is 5.91 Å². The van der Waals surface area contributed by atoms with Gasteiger partial charge < -0.3 is 15.0 Å². The zero-order valence-corrected chi connectivity index (χ0v) is 12.0. The van der Waals surface area contributed by atoms with Crippen molar-refractivity contribution in [2.45, 2.75) is 6.92 Å². The van der Waals surface area contributed by atoms with Gasteiger partial charge in [-0.1, -0.05) is 11.6 Å². The quantitative estimate of drug-likeness (QED) is 0.900. The third-order valence-corrected chi connectivity index (χ3v) is 2.56. The molecule has 0 aliphatic rings. The highest BCUT2D eigenvalue weighted by Gasteiger charge is 2.15. The number of amides is 2. The van der Waals surface area contributed by atoms with Crippen molar-refractivity contribution in [2.24, 2.45) is 0 Å². The molecule has 0 aliphatic heterocycles. The standard InChI is InChI=1S/C13H17ClN2O3/c1-4-19-8-12(17)15-11-7-9(14)5-6-10(11)13(18)16(2)3/h5-7H,4,8H2,1-3H3,(H,15,17). The maximum atomic E-state index is 12.0. The van der Waals surface area contributed by atoms with E-state index in [-0.39, 0.29) is 18.4 Å². The summed E-state index contributed by atoms with van der Waals surface area (Å²) in [7, 11) is 3.28.